The maximum atomic E-state index is 12.6. The molecule has 5 heteroatoms. The summed E-state index contributed by atoms with van der Waals surface area (Å²) in [5.41, 5.74) is 5.97. The summed E-state index contributed by atoms with van der Waals surface area (Å²) in [6.07, 6.45) is 7.44. The molecule has 1 aliphatic carbocycles. The monoisotopic (exact) mass is 317 g/mol. The summed E-state index contributed by atoms with van der Waals surface area (Å²) >= 11 is 0. The van der Waals surface area contributed by atoms with E-state index < -0.39 is 0 Å². The smallest absolute Gasteiger partial charge is 0.236 e. The maximum absolute atomic E-state index is 12.6. The minimum atomic E-state index is 0. The summed E-state index contributed by atoms with van der Waals surface area (Å²) in [5, 5.41) is 0. The molecule has 2 atom stereocenters. The van der Waals surface area contributed by atoms with Crippen molar-refractivity contribution in [1.29, 1.82) is 0 Å². The molecule has 1 heterocycles. The van der Waals surface area contributed by atoms with Gasteiger partial charge in [-0.25, -0.2) is 0 Å². The highest BCUT2D eigenvalue weighted by Gasteiger charge is 2.29. The zero-order chi connectivity index (χ0) is 14.5. The number of hydrogen-bond donors (Lipinski definition) is 1. The van der Waals surface area contributed by atoms with Crippen LogP contribution in [0.1, 0.15) is 52.4 Å². The van der Waals surface area contributed by atoms with Gasteiger partial charge in [0.2, 0.25) is 5.91 Å². The van der Waals surface area contributed by atoms with E-state index in [9.17, 15) is 4.79 Å². The molecule has 0 aromatic rings. The zero-order valence-electron chi connectivity index (χ0n) is 13.6. The Kier molecular flexibility index (Phi) is 7.99. The van der Waals surface area contributed by atoms with Crippen LogP contribution in [0.2, 0.25) is 0 Å². The van der Waals surface area contributed by atoms with Gasteiger partial charge in [-0.1, -0.05) is 19.3 Å². The number of nitrogens with two attached hydrogens (primary N) is 1. The molecule has 1 saturated heterocycles. The van der Waals surface area contributed by atoms with Crippen molar-refractivity contribution in [2.24, 2.45) is 11.7 Å². The number of likely N-dealkylation sites (N-methyl/N-ethyl adjacent to an activating group) is 1. The maximum Gasteiger partial charge on any atom is 0.236 e. The van der Waals surface area contributed by atoms with Gasteiger partial charge in [0.05, 0.1) is 6.54 Å². The molecule has 1 saturated carbocycles. The van der Waals surface area contributed by atoms with Gasteiger partial charge in [0, 0.05) is 25.2 Å². The normalized spacial score (nSPS) is 25.4. The van der Waals surface area contributed by atoms with E-state index in [-0.39, 0.29) is 18.4 Å². The Balaban J connectivity index is 0.00000220. The van der Waals surface area contributed by atoms with Gasteiger partial charge in [-0.05, 0) is 45.6 Å². The van der Waals surface area contributed by atoms with Crippen LogP contribution < -0.4 is 5.73 Å². The third kappa shape index (κ3) is 5.11. The van der Waals surface area contributed by atoms with E-state index in [1.807, 2.05) is 0 Å². The number of hydrogen-bond acceptors (Lipinski definition) is 3. The van der Waals surface area contributed by atoms with E-state index in [1.54, 1.807) is 0 Å². The minimum Gasteiger partial charge on any atom is -0.339 e. The lowest BCUT2D eigenvalue weighted by molar-refractivity contribution is -0.135. The first-order valence-electron chi connectivity index (χ1n) is 8.39. The average molecular weight is 318 g/mol. The topological polar surface area (TPSA) is 49.6 Å². The van der Waals surface area contributed by atoms with Crippen LogP contribution in [0.15, 0.2) is 0 Å². The van der Waals surface area contributed by atoms with Crippen molar-refractivity contribution >= 4 is 18.3 Å². The molecule has 0 aromatic heterocycles. The second-order valence-electron chi connectivity index (χ2n) is 6.61. The third-order valence-electron chi connectivity index (χ3n) is 5.09. The van der Waals surface area contributed by atoms with Gasteiger partial charge in [0.25, 0.3) is 0 Å². The van der Waals surface area contributed by atoms with Crippen molar-refractivity contribution in [2.45, 2.75) is 64.5 Å². The minimum absolute atomic E-state index is 0. The van der Waals surface area contributed by atoms with Crippen LogP contribution in [0, 0.1) is 5.92 Å². The van der Waals surface area contributed by atoms with E-state index in [2.05, 4.69) is 23.6 Å². The van der Waals surface area contributed by atoms with Crippen molar-refractivity contribution < 1.29 is 4.79 Å². The summed E-state index contributed by atoms with van der Waals surface area (Å²) in [6.45, 7) is 7.66. The Hall–Kier alpha value is -0.320. The van der Waals surface area contributed by atoms with Crippen molar-refractivity contribution in [3.8, 4) is 0 Å². The molecule has 2 aliphatic rings. The molecule has 0 radical (unpaired) electrons. The number of carbonyl (C=O) groups is 1. The number of carbonyl (C=O) groups excluding carboxylic acids is 1. The number of likely N-dealkylation sites (tertiary alicyclic amines) is 1. The summed E-state index contributed by atoms with van der Waals surface area (Å²) in [6, 6.07) is 0.740. The van der Waals surface area contributed by atoms with Crippen LogP contribution in [0.4, 0.5) is 0 Å². The van der Waals surface area contributed by atoms with E-state index in [4.69, 9.17) is 5.73 Å². The molecule has 2 fully saturated rings. The first-order chi connectivity index (χ1) is 9.61. The van der Waals surface area contributed by atoms with Gasteiger partial charge in [-0.15, -0.1) is 12.4 Å². The molecule has 2 unspecified atom stereocenters. The highest BCUT2D eigenvalue weighted by atomic mass is 35.5. The Bertz CT molecular complexity index is 319. The van der Waals surface area contributed by atoms with E-state index in [0.29, 0.717) is 24.4 Å². The molecule has 0 aromatic carbocycles. The standard InChI is InChI=1S/C16H31N3O.ClH/c1-3-19(15-7-5-4-6-8-15)16(20)12-18-10-9-14(11-18)13(2)17;/h13-15H,3-12,17H2,1-2H3;1H. The second-order valence-corrected chi connectivity index (χ2v) is 6.61. The van der Waals surface area contributed by atoms with Crippen LogP contribution in [-0.2, 0) is 4.79 Å². The Morgan fingerprint density at radius 1 is 1.29 bits per heavy atom. The van der Waals surface area contributed by atoms with Gasteiger partial charge < -0.3 is 10.6 Å². The molecule has 4 nitrogen and oxygen atoms in total. The number of halogens is 1. The highest BCUT2D eigenvalue weighted by Crippen LogP contribution is 2.23. The summed E-state index contributed by atoms with van der Waals surface area (Å²) in [5.74, 6) is 0.886. The zero-order valence-corrected chi connectivity index (χ0v) is 14.4. The molecule has 2 rings (SSSR count). The number of rotatable bonds is 5. The number of amides is 1. The van der Waals surface area contributed by atoms with Crippen LogP contribution in [0.3, 0.4) is 0 Å². The second kappa shape index (κ2) is 8.96. The van der Waals surface area contributed by atoms with Gasteiger partial charge in [0.15, 0.2) is 0 Å². The fourth-order valence-corrected chi connectivity index (χ4v) is 3.75. The molecular weight excluding hydrogens is 286 g/mol. The largest absolute Gasteiger partial charge is 0.339 e. The number of nitrogens with zero attached hydrogens (tertiary/aromatic N) is 2. The molecule has 1 amide bonds. The Labute approximate surface area is 135 Å². The Morgan fingerprint density at radius 3 is 2.48 bits per heavy atom. The first kappa shape index (κ1) is 18.7. The van der Waals surface area contributed by atoms with Crippen molar-refractivity contribution in [3.05, 3.63) is 0 Å². The fraction of sp³-hybridized carbons (Fsp3) is 0.938. The van der Waals surface area contributed by atoms with Crippen LogP contribution >= 0.6 is 12.4 Å². The molecule has 0 bridgehead atoms. The van der Waals surface area contributed by atoms with Gasteiger partial charge in [0.1, 0.15) is 0 Å². The summed E-state index contributed by atoms with van der Waals surface area (Å²) < 4.78 is 0. The quantitative estimate of drug-likeness (QED) is 0.846. The summed E-state index contributed by atoms with van der Waals surface area (Å²) in [7, 11) is 0. The predicted octanol–water partition coefficient (Wildman–Crippen LogP) is 2.26. The molecular formula is C16H32ClN3O. The lowest BCUT2D eigenvalue weighted by atomic mass is 9.94. The Morgan fingerprint density at radius 2 is 1.95 bits per heavy atom. The van der Waals surface area contributed by atoms with Crippen molar-refractivity contribution in [1.82, 2.24) is 9.80 Å². The van der Waals surface area contributed by atoms with Gasteiger partial charge >= 0.3 is 0 Å². The fourth-order valence-electron chi connectivity index (χ4n) is 3.75. The van der Waals surface area contributed by atoms with E-state index >= 15 is 0 Å². The SMILES string of the molecule is CCN(C(=O)CN1CCC(C(C)N)C1)C1CCCCC1.Cl. The van der Waals surface area contributed by atoms with Gasteiger partial charge in [-0.2, -0.15) is 0 Å². The lowest BCUT2D eigenvalue weighted by Crippen LogP contribution is -2.46. The highest BCUT2D eigenvalue weighted by molar-refractivity contribution is 5.85. The predicted molar refractivity (Wildman–Crippen MR) is 89.7 cm³/mol. The molecule has 2 N–H and O–H groups in total. The first-order valence-corrected chi connectivity index (χ1v) is 8.39. The lowest BCUT2D eigenvalue weighted by Gasteiger charge is -2.34. The summed E-state index contributed by atoms with van der Waals surface area (Å²) in [4.78, 5) is 17.0. The van der Waals surface area contributed by atoms with Gasteiger partial charge in [-0.3, -0.25) is 9.69 Å². The van der Waals surface area contributed by atoms with Crippen LogP contribution in [0.25, 0.3) is 0 Å². The van der Waals surface area contributed by atoms with Crippen molar-refractivity contribution in [3.63, 3.8) is 0 Å². The molecule has 1 aliphatic heterocycles. The van der Waals surface area contributed by atoms with Crippen LogP contribution in [0.5, 0.6) is 0 Å². The molecule has 124 valence electrons. The molecule has 21 heavy (non-hydrogen) atoms. The van der Waals surface area contributed by atoms with Crippen LogP contribution in [-0.4, -0.2) is 54.0 Å². The average Bonchev–Trinajstić information content (AvgIpc) is 2.89. The van der Waals surface area contributed by atoms with E-state index in [0.717, 1.165) is 26.1 Å². The van der Waals surface area contributed by atoms with Crippen molar-refractivity contribution in [2.75, 3.05) is 26.2 Å². The van der Waals surface area contributed by atoms with E-state index in [1.165, 1.54) is 32.1 Å². The third-order valence-corrected chi connectivity index (χ3v) is 5.09. The molecule has 0 spiro atoms.